The maximum absolute atomic E-state index is 6.06. The molecule has 3 unspecified atom stereocenters. The van der Waals surface area contributed by atoms with Crippen LogP contribution in [0, 0.1) is 5.92 Å². The SMILES string of the molecule is COc1ccc(OC)c(C(C)NCCOC2CCCCC2C)c1. The van der Waals surface area contributed by atoms with Crippen molar-refractivity contribution in [2.75, 3.05) is 27.4 Å². The molecule has 0 bridgehead atoms. The van der Waals surface area contributed by atoms with Gasteiger partial charge in [0.25, 0.3) is 0 Å². The Balaban J connectivity index is 1.81. The second-order valence-corrected chi connectivity index (χ2v) is 6.45. The van der Waals surface area contributed by atoms with Crippen molar-refractivity contribution in [3.63, 3.8) is 0 Å². The second kappa shape index (κ2) is 9.14. The number of ether oxygens (including phenoxy) is 3. The fraction of sp³-hybridized carbons (Fsp3) is 0.684. The summed E-state index contributed by atoms with van der Waals surface area (Å²) in [4.78, 5) is 0. The molecule has 1 saturated carbocycles. The van der Waals surface area contributed by atoms with E-state index in [9.17, 15) is 0 Å². The van der Waals surface area contributed by atoms with Crippen molar-refractivity contribution >= 4 is 0 Å². The zero-order valence-corrected chi connectivity index (χ0v) is 14.9. The Hall–Kier alpha value is -1.26. The molecule has 1 aliphatic carbocycles. The molecule has 1 aliphatic rings. The molecule has 0 aliphatic heterocycles. The monoisotopic (exact) mass is 321 g/mol. The maximum atomic E-state index is 6.06. The predicted molar refractivity (Wildman–Crippen MR) is 93.3 cm³/mol. The van der Waals surface area contributed by atoms with Crippen LogP contribution in [0.3, 0.4) is 0 Å². The molecule has 1 fully saturated rings. The molecule has 4 heteroatoms. The van der Waals surface area contributed by atoms with E-state index in [2.05, 4.69) is 19.2 Å². The molecule has 130 valence electrons. The Morgan fingerprint density at radius 2 is 1.96 bits per heavy atom. The van der Waals surface area contributed by atoms with Crippen molar-refractivity contribution in [1.82, 2.24) is 5.32 Å². The lowest BCUT2D eigenvalue weighted by molar-refractivity contribution is -0.00374. The van der Waals surface area contributed by atoms with E-state index in [1.807, 2.05) is 18.2 Å². The fourth-order valence-corrected chi connectivity index (χ4v) is 3.30. The summed E-state index contributed by atoms with van der Waals surface area (Å²) < 4.78 is 16.8. The summed E-state index contributed by atoms with van der Waals surface area (Å²) in [5, 5.41) is 3.52. The molecule has 2 rings (SSSR count). The van der Waals surface area contributed by atoms with E-state index in [1.54, 1.807) is 14.2 Å². The lowest BCUT2D eigenvalue weighted by Gasteiger charge is -2.29. The van der Waals surface area contributed by atoms with Crippen LogP contribution in [-0.2, 0) is 4.74 Å². The number of benzene rings is 1. The highest BCUT2D eigenvalue weighted by Crippen LogP contribution is 2.29. The van der Waals surface area contributed by atoms with E-state index in [-0.39, 0.29) is 6.04 Å². The minimum atomic E-state index is 0.187. The number of hydrogen-bond acceptors (Lipinski definition) is 4. The summed E-state index contributed by atoms with van der Waals surface area (Å²) in [6, 6.07) is 6.09. The fourth-order valence-electron chi connectivity index (χ4n) is 3.30. The van der Waals surface area contributed by atoms with Crippen molar-refractivity contribution in [3.8, 4) is 11.5 Å². The molecule has 1 aromatic rings. The highest BCUT2D eigenvalue weighted by molar-refractivity contribution is 5.42. The Labute approximate surface area is 140 Å². The van der Waals surface area contributed by atoms with E-state index < -0.39 is 0 Å². The van der Waals surface area contributed by atoms with E-state index in [0.717, 1.165) is 30.2 Å². The lowest BCUT2D eigenvalue weighted by atomic mass is 9.88. The van der Waals surface area contributed by atoms with Gasteiger partial charge in [-0.05, 0) is 43.9 Å². The highest BCUT2D eigenvalue weighted by atomic mass is 16.5. The molecule has 0 aromatic heterocycles. The van der Waals surface area contributed by atoms with Gasteiger partial charge in [0.2, 0.25) is 0 Å². The molecule has 0 spiro atoms. The molecule has 0 saturated heterocycles. The van der Waals surface area contributed by atoms with Crippen LogP contribution in [0.15, 0.2) is 18.2 Å². The van der Waals surface area contributed by atoms with Crippen molar-refractivity contribution < 1.29 is 14.2 Å². The number of nitrogens with one attached hydrogen (secondary N) is 1. The van der Waals surface area contributed by atoms with Crippen LogP contribution < -0.4 is 14.8 Å². The molecule has 3 atom stereocenters. The average Bonchev–Trinajstić information content (AvgIpc) is 2.59. The molecular weight excluding hydrogens is 290 g/mol. The summed E-state index contributed by atoms with van der Waals surface area (Å²) in [7, 11) is 3.38. The van der Waals surface area contributed by atoms with Gasteiger partial charge in [0.05, 0.1) is 26.9 Å². The van der Waals surface area contributed by atoms with Crippen LogP contribution in [0.1, 0.15) is 51.1 Å². The number of rotatable bonds is 8. The van der Waals surface area contributed by atoms with Gasteiger partial charge >= 0.3 is 0 Å². The van der Waals surface area contributed by atoms with E-state index in [0.29, 0.717) is 12.0 Å². The first-order chi connectivity index (χ1) is 11.2. The van der Waals surface area contributed by atoms with Crippen LogP contribution in [0.2, 0.25) is 0 Å². The Morgan fingerprint density at radius 3 is 2.65 bits per heavy atom. The van der Waals surface area contributed by atoms with Gasteiger partial charge in [-0.25, -0.2) is 0 Å². The summed E-state index contributed by atoms with van der Waals surface area (Å²) in [6.45, 7) is 6.04. The summed E-state index contributed by atoms with van der Waals surface area (Å²) in [6.07, 6.45) is 5.61. The van der Waals surface area contributed by atoms with Crippen molar-refractivity contribution in [2.45, 2.75) is 51.7 Å². The van der Waals surface area contributed by atoms with Crippen molar-refractivity contribution in [3.05, 3.63) is 23.8 Å². The minimum absolute atomic E-state index is 0.187. The summed E-state index contributed by atoms with van der Waals surface area (Å²) in [5.74, 6) is 2.43. The quantitative estimate of drug-likeness (QED) is 0.736. The molecule has 23 heavy (non-hydrogen) atoms. The standard InChI is InChI=1S/C19H31NO3/c1-14-7-5-6-8-18(14)23-12-11-20-15(2)17-13-16(21-3)9-10-19(17)22-4/h9-10,13-15,18,20H,5-8,11-12H2,1-4H3. The van der Waals surface area contributed by atoms with E-state index >= 15 is 0 Å². The summed E-state index contributed by atoms with van der Waals surface area (Å²) in [5.41, 5.74) is 1.11. The van der Waals surface area contributed by atoms with E-state index in [4.69, 9.17) is 14.2 Å². The first kappa shape index (κ1) is 18.1. The third-order valence-corrected chi connectivity index (χ3v) is 4.82. The smallest absolute Gasteiger partial charge is 0.123 e. The molecule has 1 aromatic carbocycles. The Bertz CT molecular complexity index is 478. The first-order valence-corrected chi connectivity index (χ1v) is 8.72. The van der Waals surface area contributed by atoms with Crippen molar-refractivity contribution in [2.24, 2.45) is 5.92 Å². The topological polar surface area (TPSA) is 39.7 Å². The normalized spacial score (nSPS) is 22.6. The van der Waals surface area contributed by atoms with E-state index in [1.165, 1.54) is 25.7 Å². The van der Waals surface area contributed by atoms with Crippen LogP contribution in [0.25, 0.3) is 0 Å². The van der Waals surface area contributed by atoms with Crippen LogP contribution >= 0.6 is 0 Å². The second-order valence-electron chi connectivity index (χ2n) is 6.45. The van der Waals surface area contributed by atoms with Gasteiger partial charge in [-0.15, -0.1) is 0 Å². The van der Waals surface area contributed by atoms with Gasteiger partial charge < -0.3 is 19.5 Å². The van der Waals surface area contributed by atoms with Gasteiger partial charge in [0, 0.05) is 18.2 Å². The first-order valence-electron chi connectivity index (χ1n) is 8.72. The van der Waals surface area contributed by atoms with Crippen LogP contribution in [0.4, 0.5) is 0 Å². The molecule has 4 nitrogen and oxygen atoms in total. The molecule has 1 N–H and O–H groups in total. The van der Waals surface area contributed by atoms with Gasteiger partial charge in [0.1, 0.15) is 11.5 Å². The Morgan fingerprint density at radius 1 is 1.17 bits per heavy atom. The Kier molecular flexibility index (Phi) is 7.18. The third-order valence-electron chi connectivity index (χ3n) is 4.82. The third kappa shape index (κ3) is 5.11. The van der Waals surface area contributed by atoms with Gasteiger partial charge in [-0.2, -0.15) is 0 Å². The zero-order chi connectivity index (χ0) is 16.7. The minimum Gasteiger partial charge on any atom is -0.497 e. The van der Waals surface area contributed by atoms with Crippen LogP contribution in [-0.4, -0.2) is 33.5 Å². The summed E-state index contributed by atoms with van der Waals surface area (Å²) >= 11 is 0. The zero-order valence-electron chi connectivity index (χ0n) is 14.9. The largest absolute Gasteiger partial charge is 0.497 e. The number of methoxy groups -OCH3 is 2. The number of hydrogen-bond donors (Lipinski definition) is 1. The average molecular weight is 321 g/mol. The predicted octanol–water partition coefficient (Wildman–Crippen LogP) is 3.95. The van der Waals surface area contributed by atoms with Crippen molar-refractivity contribution in [1.29, 1.82) is 0 Å². The molecular formula is C19H31NO3. The van der Waals surface area contributed by atoms with Gasteiger partial charge in [0.15, 0.2) is 0 Å². The highest BCUT2D eigenvalue weighted by Gasteiger charge is 2.21. The molecule has 0 heterocycles. The van der Waals surface area contributed by atoms with Gasteiger partial charge in [-0.1, -0.05) is 19.8 Å². The molecule has 0 radical (unpaired) electrons. The maximum Gasteiger partial charge on any atom is 0.123 e. The van der Waals surface area contributed by atoms with Gasteiger partial charge in [-0.3, -0.25) is 0 Å². The molecule has 0 amide bonds. The lowest BCUT2D eigenvalue weighted by Crippen LogP contribution is -2.30. The van der Waals surface area contributed by atoms with Crippen LogP contribution in [0.5, 0.6) is 11.5 Å².